The average molecular weight is 890 g/mol. The summed E-state index contributed by atoms with van der Waals surface area (Å²) in [5, 5.41) is 54.2. The van der Waals surface area contributed by atoms with Crippen LogP contribution < -0.4 is 5.32 Å². The minimum Gasteiger partial charge on any atom is -0.394 e. The van der Waals surface area contributed by atoms with Gasteiger partial charge in [0, 0.05) is 6.42 Å². The highest BCUT2D eigenvalue weighted by Gasteiger charge is 2.44. The average Bonchev–Trinajstić information content (AvgIpc) is 3.28. The van der Waals surface area contributed by atoms with Gasteiger partial charge in [-0.05, 0) is 51.4 Å². The first-order chi connectivity index (χ1) is 30.8. The maximum atomic E-state index is 12.9. The first-order valence-corrected chi connectivity index (χ1v) is 26.3. The maximum absolute atomic E-state index is 12.9. The molecule has 0 aliphatic carbocycles. The van der Waals surface area contributed by atoms with Gasteiger partial charge in [-0.25, -0.2) is 0 Å². The SMILES string of the molecule is CC/C=C\C/C=C\C/C=C\C/C=C\CCCCCCCCCCCCCCCCCCCCCCC(=O)NC(COC1OC(CO)C(O)C(O)C1O)C(O)CCCCCCCCC. The van der Waals surface area contributed by atoms with E-state index in [1.54, 1.807) is 0 Å². The highest BCUT2D eigenvalue weighted by molar-refractivity contribution is 5.76. The Bertz CT molecular complexity index is 1130. The van der Waals surface area contributed by atoms with E-state index >= 15 is 0 Å². The van der Waals surface area contributed by atoms with Crippen molar-refractivity contribution in [3.05, 3.63) is 48.6 Å². The normalized spacial score (nSPS) is 20.5. The molecule has 0 aromatic carbocycles. The van der Waals surface area contributed by atoms with Gasteiger partial charge in [-0.15, -0.1) is 0 Å². The summed E-state index contributed by atoms with van der Waals surface area (Å²) in [6, 6.07) is -0.714. The zero-order valence-corrected chi connectivity index (χ0v) is 40.6. The number of unbranched alkanes of at least 4 members (excludes halogenated alkanes) is 26. The number of hydrogen-bond donors (Lipinski definition) is 6. The Hall–Kier alpha value is -1.85. The van der Waals surface area contributed by atoms with E-state index in [0.717, 1.165) is 64.2 Å². The van der Waals surface area contributed by atoms with Crippen LogP contribution in [0.2, 0.25) is 0 Å². The van der Waals surface area contributed by atoms with Crippen LogP contribution in [0.15, 0.2) is 48.6 Å². The number of carbonyl (C=O) groups is 1. The Morgan fingerprint density at radius 1 is 0.556 bits per heavy atom. The van der Waals surface area contributed by atoms with E-state index in [4.69, 9.17) is 9.47 Å². The third-order valence-electron chi connectivity index (χ3n) is 12.4. The molecule has 1 heterocycles. The molecule has 7 unspecified atom stereocenters. The maximum Gasteiger partial charge on any atom is 0.220 e. The summed E-state index contributed by atoms with van der Waals surface area (Å²) >= 11 is 0. The van der Waals surface area contributed by atoms with Crippen molar-refractivity contribution >= 4 is 5.91 Å². The topological polar surface area (TPSA) is 149 Å². The summed E-state index contributed by atoms with van der Waals surface area (Å²) in [4.78, 5) is 12.9. The van der Waals surface area contributed by atoms with Crippen molar-refractivity contribution in [2.45, 2.75) is 275 Å². The molecule has 1 saturated heterocycles. The van der Waals surface area contributed by atoms with Crippen LogP contribution in [0.1, 0.15) is 232 Å². The summed E-state index contributed by atoms with van der Waals surface area (Å²) < 4.78 is 11.2. The summed E-state index contributed by atoms with van der Waals surface area (Å²) in [6.45, 7) is 3.67. The molecule has 1 rings (SSSR count). The molecule has 6 N–H and O–H groups in total. The molecule has 0 aromatic heterocycles. The minimum atomic E-state index is -1.55. The molecule has 0 aromatic rings. The van der Waals surface area contributed by atoms with E-state index in [0.29, 0.717) is 12.8 Å². The number of amides is 1. The van der Waals surface area contributed by atoms with Crippen LogP contribution in [0.3, 0.4) is 0 Å². The van der Waals surface area contributed by atoms with Gasteiger partial charge < -0.3 is 40.3 Å². The molecule has 1 aliphatic heterocycles. The molecule has 0 radical (unpaired) electrons. The van der Waals surface area contributed by atoms with Gasteiger partial charge in [0.2, 0.25) is 5.91 Å². The third-order valence-corrected chi connectivity index (χ3v) is 12.4. The standard InChI is InChI=1S/C54H99NO8/c1-3-5-7-9-11-12-13-14-15-16-17-18-19-20-21-22-23-24-25-26-27-28-29-30-31-32-33-34-35-36-38-40-42-44-50(58)55-47(48(57)43-41-39-37-10-8-6-4-2)46-62-54-53(61)52(60)51(59)49(45-56)63-54/h5,7,11-12,14-15,17-18,47-49,51-54,56-57,59-61H,3-4,6,8-10,13,16,19-46H2,1-2H3,(H,55,58)/b7-5-,12-11-,15-14-,18-17-. The Balaban J connectivity index is 2.03. The van der Waals surface area contributed by atoms with Gasteiger partial charge in [-0.1, -0.05) is 223 Å². The second-order valence-corrected chi connectivity index (χ2v) is 18.3. The van der Waals surface area contributed by atoms with Crippen molar-refractivity contribution < 1.29 is 39.8 Å². The fourth-order valence-corrected chi connectivity index (χ4v) is 8.27. The second-order valence-electron chi connectivity index (χ2n) is 18.3. The number of aliphatic hydroxyl groups is 5. The van der Waals surface area contributed by atoms with E-state index in [1.165, 1.54) is 141 Å². The summed E-state index contributed by atoms with van der Waals surface area (Å²) in [6.07, 6.45) is 50.4. The predicted molar refractivity (Wildman–Crippen MR) is 263 cm³/mol. The fourth-order valence-electron chi connectivity index (χ4n) is 8.27. The molecular weight excluding hydrogens is 791 g/mol. The van der Waals surface area contributed by atoms with Crippen molar-refractivity contribution in [2.75, 3.05) is 13.2 Å². The number of ether oxygens (including phenoxy) is 2. The monoisotopic (exact) mass is 890 g/mol. The summed E-state index contributed by atoms with van der Waals surface area (Å²) in [5.41, 5.74) is 0. The van der Waals surface area contributed by atoms with Crippen molar-refractivity contribution in [2.24, 2.45) is 0 Å². The Kier molecular flexibility index (Phi) is 41.3. The van der Waals surface area contributed by atoms with E-state index in [2.05, 4.69) is 67.8 Å². The van der Waals surface area contributed by atoms with Gasteiger partial charge in [0.15, 0.2) is 6.29 Å². The Morgan fingerprint density at radius 2 is 0.984 bits per heavy atom. The van der Waals surface area contributed by atoms with Gasteiger partial charge >= 0.3 is 0 Å². The van der Waals surface area contributed by atoms with Crippen LogP contribution in [0.25, 0.3) is 0 Å². The molecule has 1 aliphatic rings. The number of hydrogen-bond acceptors (Lipinski definition) is 8. The molecule has 0 spiro atoms. The van der Waals surface area contributed by atoms with E-state index in [-0.39, 0.29) is 12.5 Å². The number of carbonyl (C=O) groups excluding carboxylic acids is 1. The van der Waals surface area contributed by atoms with Crippen LogP contribution in [0, 0.1) is 0 Å². The van der Waals surface area contributed by atoms with Crippen molar-refractivity contribution in [1.82, 2.24) is 5.32 Å². The minimum absolute atomic E-state index is 0.137. The zero-order chi connectivity index (χ0) is 45.9. The lowest BCUT2D eigenvalue weighted by Crippen LogP contribution is -2.60. The zero-order valence-electron chi connectivity index (χ0n) is 40.6. The number of nitrogens with one attached hydrogen (secondary N) is 1. The number of allylic oxidation sites excluding steroid dienone is 8. The molecular formula is C54H99NO8. The lowest BCUT2D eigenvalue weighted by molar-refractivity contribution is -0.302. The molecule has 7 atom stereocenters. The quantitative estimate of drug-likeness (QED) is 0.0262. The highest BCUT2D eigenvalue weighted by atomic mass is 16.7. The Labute approximate surface area is 386 Å². The van der Waals surface area contributed by atoms with Crippen LogP contribution in [0.5, 0.6) is 0 Å². The largest absolute Gasteiger partial charge is 0.394 e. The molecule has 1 fully saturated rings. The molecule has 9 nitrogen and oxygen atoms in total. The summed E-state index contributed by atoms with van der Waals surface area (Å²) in [7, 11) is 0. The van der Waals surface area contributed by atoms with Gasteiger partial charge in [-0.2, -0.15) is 0 Å². The van der Waals surface area contributed by atoms with Gasteiger partial charge in [0.1, 0.15) is 24.4 Å². The molecule has 63 heavy (non-hydrogen) atoms. The van der Waals surface area contributed by atoms with E-state index in [1.807, 2.05) is 0 Å². The number of aliphatic hydroxyl groups excluding tert-OH is 5. The first-order valence-electron chi connectivity index (χ1n) is 26.3. The first kappa shape index (κ1) is 59.2. The van der Waals surface area contributed by atoms with E-state index < -0.39 is 49.5 Å². The molecule has 9 heteroatoms. The van der Waals surface area contributed by atoms with Crippen LogP contribution in [-0.2, 0) is 14.3 Å². The van der Waals surface area contributed by atoms with Gasteiger partial charge in [-0.3, -0.25) is 4.79 Å². The van der Waals surface area contributed by atoms with Crippen molar-refractivity contribution in [3.8, 4) is 0 Å². The van der Waals surface area contributed by atoms with Crippen LogP contribution in [0.4, 0.5) is 0 Å². The molecule has 0 bridgehead atoms. The lowest BCUT2D eigenvalue weighted by Gasteiger charge is -2.40. The van der Waals surface area contributed by atoms with Gasteiger partial charge in [0.25, 0.3) is 0 Å². The summed E-state index contributed by atoms with van der Waals surface area (Å²) in [5.74, 6) is -0.147. The van der Waals surface area contributed by atoms with Crippen molar-refractivity contribution in [1.29, 1.82) is 0 Å². The smallest absolute Gasteiger partial charge is 0.220 e. The molecule has 368 valence electrons. The van der Waals surface area contributed by atoms with Crippen LogP contribution >= 0.6 is 0 Å². The van der Waals surface area contributed by atoms with Crippen molar-refractivity contribution in [3.63, 3.8) is 0 Å². The van der Waals surface area contributed by atoms with E-state index in [9.17, 15) is 30.3 Å². The highest BCUT2D eigenvalue weighted by Crippen LogP contribution is 2.23. The van der Waals surface area contributed by atoms with Gasteiger partial charge in [0.05, 0.1) is 25.4 Å². The fraction of sp³-hybridized carbons (Fsp3) is 0.833. The molecule has 1 amide bonds. The Morgan fingerprint density at radius 3 is 1.46 bits per heavy atom. The predicted octanol–water partition coefficient (Wildman–Crippen LogP) is 12.2. The lowest BCUT2D eigenvalue weighted by atomic mass is 9.99. The third kappa shape index (κ3) is 34.2. The van der Waals surface area contributed by atoms with Crippen LogP contribution in [-0.4, -0.2) is 87.5 Å². The molecule has 0 saturated carbocycles. The number of rotatable bonds is 44. The second kappa shape index (κ2) is 44.0.